The van der Waals surface area contributed by atoms with E-state index in [1.54, 1.807) is 0 Å². The summed E-state index contributed by atoms with van der Waals surface area (Å²) in [7, 11) is 0. The molecule has 0 saturated heterocycles. The minimum Gasteiger partial charge on any atom is -0.462 e. The molecule has 0 heterocycles. The van der Waals surface area contributed by atoms with E-state index in [0.29, 0.717) is 19.3 Å². The second-order valence-electron chi connectivity index (χ2n) is 15.5. The highest BCUT2D eigenvalue weighted by Gasteiger charge is 2.24. The van der Waals surface area contributed by atoms with Gasteiger partial charge in [-0.2, -0.15) is 0 Å². The van der Waals surface area contributed by atoms with Gasteiger partial charge >= 0.3 is 5.97 Å². The first kappa shape index (κ1) is 55.5. The number of unbranched alkanes of at least 4 members (excludes halogenated alkanes) is 12. The van der Waals surface area contributed by atoms with Gasteiger partial charge in [-0.15, -0.1) is 0 Å². The third kappa shape index (κ3) is 41.1. The Morgan fingerprint density at radius 3 is 1.54 bits per heavy atom. The maximum absolute atomic E-state index is 13.1. The Balaban J connectivity index is 4.74. The molecule has 0 saturated carbocycles. The molecule has 0 aromatic rings. The number of hydrogen-bond acceptors (Lipinski definition) is 5. The fourth-order valence-electron chi connectivity index (χ4n) is 6.40. The Bertz CT molecular complexity index is 1240. The number of esters is 1. The molecule has 0 aliphatic carbocycles. The van der Waals surface area contributed by atoms with E-state index in [2.05, 4.69) is 111 Å². The van der Waals surface area contributed by atoms with Crippen LogP contribution in [0, 0.1) is 0 Å². The quantitative estimate of drug-likeness (QED) is 0.0248. The summed E-state index contributed by atoms with van der Waals surface area (Å²) in [5, 5.41) is 23.6. The standard InChI is InChI=1S/C53H87NO5/c1-4-7-10-13-16-19-22-23-24-25-26-27-28-29-31-34-37-40-43-46-53(58)59-49(44-41-38-35-32-30-20-17-14-11-8-5-2)47-52(57)54-50(48-55)51(56)45-42-39-36-33-21-18-15-12-9-6-3/h7-8,10-11,14,16-17,19-20,23-24,26-27,29-31,37,40,49-51,55-56H,4-6,9,12-13,15,18,21-22,25,28,32-36,38-39,41-48H2,1-3H3,(H,54,57)/b10-7-,11-8+,17-14+,19-16-,24-23-,27-26-,30-20-,31-29-,40-37-. The van der Waals surface area contributed by atoms with Crippen molar-refractivity contribution in [2.75, 3.05) is 6.61 Å². The van der Waals surface area contributed by atoms with Crippen LogP contribution >= 0.6 is 0 Å². The van der Waals surface area contributed by atoms with Crippen molar-refractivity contribution in [2.45, 2.75) is 206 Å². The van der Waals surface area contributed by atoms with Crippen molar-refractivity contribution >= 4 is 11.9 Å². The van der Waals surface area contributed by atoms with Crippen molar-refractivity contribution in [1.29, 1.82) is 0 Å². The van der Waals surface area contributed by atoms with Gasteiger partial charge in [-0.25, -0.2) is 0 Å². The van der Waals surface area contributed by atoms with Crippen LogP contribution in [0.3, 0.4) is 0 Å². The van der Waals surface area contributed by atoms with E-state index in [0.717, 1.165) is 89.9 Å². The normalized spacial score (nSPS) is 14.3. The maximum atomic E-state index is 13.1. The summed E-state index contributed by atoms with van der Waals surface area (Å²) in [5.41, 5.74) is 0. The molecule has 0 fully saturated rings. The Hall–Kier alpha value is -3.48. The molecule has 59 heavy (non-hydrogen) atoms. The lowest BCUT2D eigenvalue weighted by molar-refractivity contribution is -0.150. The highest BCUT2D eigenvalue weighted by Crippen LogP contribution is 2.16. The lowest BCUT2D eigenvalue weighted by atomic mass is 10.0. The third-order valence-electron chi connectivity index (χ3n) is 9.92. The topological polar surface area (TPSA) is 95.9 Å². The molecule has 0 aromatic carbocycles. The monoisotopic (exact) mass is 818 g/mol. The van der Waals surface area contributed by atoms with E-state index in [1.165, 1.54) is 44.9 Å². The van der Waals surface area contributed by atoms with Crippen LogP contribution in [0.25, 0.3) is 0 Å². The first-order valence-corrected chi connectivity index (χ1v) is 23.6. The number of amides is 1. The van der Waals surface area contributed by atoms with Gasteiger partial charge in [0.25, 0.3) is 0 Å². The molecule has 0 radical (unpaired) electrons. The molecule has 0 aromatic heterocycles. The minimum atomic E-state index is -0.814. The van der Waals surface area contributed by atoms with Crippen LogP contribution in [0.15, 0.2) is 109 Å². The summed E-state index contributed by atoms with van der Waals surface area (Å²) in [4.78, 5) is 26.0. The predicted molar refractivity (Wildman–Crippen MR) is 254 cm³/mol. The zero-order chi connectivity index (χ0) is 43.1. The van der Waals surface area contributed by atoms with Crippen LogP contribution in [0.4, 0.5) is 0 Å². The van der Waals surface area contributed by atoms with Crippen LogP contribution in [-0.4, -0.2) is 46.9 Å². The van der Waals surface area contributed by atoms with E-state index in [9.17, 15) is 19.8 Å². The number of aliphatic hydroxyl groups excluding tert-OH is 2. The number of carbonyl (C=O) groups excluding carboxylic acids is 2. The second-order valence-corrected chi connectivity index (χ2v) is 15.5. The van der Waals surface area contributed by atoms with Gasteiger partial charge < -0.3 is 20.3 Å². The third-order valence-corrected chi connectivity index (χ3v) is 9.92. The van der Waals surface area contributed by atoms with E-state index < -0.39 is 18.2 Å². The van der Waals surface area contributed by atoms with E-state index in [4.69, 9.17) is 4.74 Å². The Morgan fingerprint density at radius 2 is 1.00 bits per heavy atom. The molecule has 3 unspecified atom stereocenters. The summed E-state index contributed by atoms with van der Waals surface area (Å²) >= 11 is 0. The van der Waals surface area contributed by atoms with Gasteiger partial charge in [0.1, 0.15) is 6.10 Å². The van der Waals surface area contributed by atoms with Crippen LogP contribution < -0.4 is 5.32 Å². The number of aliphatic hydroxyl groups is 2. The highest BCUT2D eigenvalue weighted by atomic mass is 16.5. The molecule has 0 aliphatic heterocycles. The van der Waals surface area contributed by atoms with Crippen LogP contribution in [0.5, 0.6) is 0 Å². The lowest BCUT2D eigenvalue weighted by Crippen LogP contribution is -2.46. The fraction of sp³-hybridized carbons (Fsp3) is 0.623. The number of allylic oxidation sites excluding steroid dienone is 18. The zero-order valence-electron chi connectivity index (χ0n) is 37.8. The smallest absolute Gasteiger partial charge is 0.306 e. The van der Waals surface area contributed by atoms with Crippen molar-refractivity contribution in [3.05, 3.63) is 109 Å². The van der Waals surface area contributed by atoms with Gasteiger partial charge in [0.05, 0.1) is 25.2 Å². The van der Waals surface area contributed by atoms with E-state index in [-0.39, 0.29) is 31.3 Å². The summed E-state index contributed by atoms with van der Waals surface area (Å²) in [6.45, 7) is 6.17. The Kier molecular flexibility index (Phi) is 42.9. The molecule has 3 atom stereocenters. The largest absolute Gasteiger partial charge is 0.462 e. The number of rotatable bonds is 40. The molecule has 0 rings (SSSR count). The van der Waals surface area contributed by atoms with Gasteiger partial charge in [-0.05, 0) is 83.5 Å². The summed E-state index contributed by atoms with van der Waals surface area (Å²) in [5.74, 6) is -0.623. The predicted octanol–water partition coefficient (Wildman–Crippen LogP) is 13.9. The van der Waals surface area contributed by atoms with Crippen LogP contribution in [0.2, 0.25) is 0 Å². The molecule has 3 N–H and O–H groups in total. The van der Waals surface area contributed by atoms with Crippen molar-refractivity contribution in [2.24, 2.45) is 0 Å². The average molecular weight is 818 g/mol. The second kappa shape index (κ2) is 45.6. The Labute approximate surface area is 362 Å². The van der Waals surface area contributed by atoms with Crippen molar-refractivity contribution in [3.8, 4) is 0 Å². The maximum Gasteiger partial charge on any atom is 0.306 e. The summed E-state index contributed by atoms with van der Waals surface area (Å²) < 4.78 is 5.84. The van der Waals surface area contributed by atoms with E-state index in [1.807, 2.05) is 24.3 Å². The molecule has 6 heteroatoms. The lowest BCUT2D eigenvalue weighted by Gasteiger charge is -2.24. The van der Waals surface area contributed by atoms with Crippen molar-refractivity contribution in [3.63, 3.8) is 0 Å². The Morgan fingerprint density at radius 1 is 0.525 bits per heavy atom. The SMILES string of the molecule is CC/C=C\C/C=C\C/C=C\C/C=C\C/C=C\C/C=C\CCC(=O)OC(CCCCC\C=C/C=C/C=C/CC)CC(=O)NC(CO)C(O)CCCCCCCCCCCC. The van der Waals surface area contributed by atoms with Crippen molar-refractivity contribution in [1.82, 2.24) is 5.32 Å². The molecule has 6 nitrogen and oxygen atoms in total. The number of carbonyl (C=O) groups is 2. The molecule has 0 aliphatic rings. The van der Waals surface area contributed by atoms with E-state index >= 15 is 0 Å². The minimum absolute atomic E-state index is 0.0170. The number of nitrogens with one attached hydrogen (secondary N) is 1. The van der Waals surface area contributed by atoms with Gasteiger partial charge in [0, 0.05) is 6.42 Å². The van der Waals surface area contributed by atoms with Crippen LogP contribution in [0.1, 0.15) is 188 Å². The molecule has 1 amide bonds. The van der Waals surface area contributed by atoms with Crippen molar-refractivity contribution < 1.29 is 24.5 Å². The molecular formula is C53H87NO5. The van der Waals surface area contributed by atoms with Gasteiger partial charge in [0.15, 0.2) is 0 Å². The first-order valence-electron chi connectivity index (χ1n) is 23.6. The average Bonchev–Trinajstić information content (AvgIpc) is 3.23. The number of ether oxygens (including phenoxy) is 1. The van der Waals surface area contributed by atoms with Gasteiger partial charge in [0.2, 0.25) is 5.91 Å². The van der Waals surface area contributed by atoms with Gasteiger partial charge in [-0.1, -0.05) is 201 Å². The first-order chi connectivity index (χ1) is 29.0. The highest BCUT2D eigenvalue weighted by molar-refractivity contribution is 5.77. The summed E-state index contributed by atoms with van der Waals surface area (Å²) in [6, 6.07) is -0.733. The van der Waals surface area contributed by atoms with Crippen LogP contribution in [-0.2, 0) is 14.3 Å². The molecule has 0 spiro atoms. The number of hydrogen-bond donors (Lipinski definition) is 3. The molecule has 334 valence electrons. The molecular weight excluding hydrogens is 731 g/mol. The fourth-order valence-corrected chi connectivity index (χ4v) is 6.40. The zero-order valence-corrected chi connectivity index (χ0v) is 37.8. The molecule has 0 bridgehead atoms. The van der Waals surface area contributed by atoms with Gasteiger partial charge in [-0.3, -0.25) is 9.59 Å². The summed E-state index contributed by atoms with van der Waals surface area (Å²) in [6.07, 6.45) is 61.6.